The van der Waals surface area contributed by atoms with Crippen LogP contribution in [0.2, 0.25) is 0 Å². The van der Waals surface area contributed by atoms with Gasteiger partial charge in [-0.15, -0.1) is 0 Å². The normalized spacial score (nSPS) is 17.0. The van der Waals surface area contributed by atoms with Gasteiger partial charge in [-0.25, -0.2) is 10.3 Å². The lowest BCUT2D eigenvalue weighted by Crippen LogP contribution is -2.52. The van der Waals surface area contributed by atoms with E-state index < -0.39 is 0 Å². The smallest absolute Gasteiger partial charge is 0.338 e. The molecule has 1 aromatic rings. The molecule has 128 valence electrons. The molecule has 1 saturated heterocycles. The standard InChI is InChI=1S/C17H27N3O3/c1-14(2)16(20-8-10-22-11-9-20)12-18-17(21)19-23-13-15-6-4-3-5-7-15/h3-7,14,16H,8-13H2,1-2H3,(H2,18,19,21). The summed E-state index contributed by atoms with van der Waals surface area (Å²) < 4.78 is 5.39. The minimum absolute atomic E-state index is 0.304. The number of nitrogens with zero attached hydrogens (tertiary/aromatic N) is 1. The van der Waals surface area contributed by atoms with Crippen molar-refractivity contribution >= 4 is 6.03 Å². The first-order valence-corrected chi connectivity index (χ1v) is 8.18. The van der Waals surface area contributed by atoms with Crippen LogP contribution in [0.25, 0.3) is 0 Å². The molecule has 1 aliphatic heterocycles. The van der Waals surface area contributed by atoms with E-state index in [1.165, 1.54) is 0 Å². The average molecular weight is 321 g/mol. The van der Waals surface area contributed by atoms with Crippen LogP contribution in [-0.4, -0.2) is 49.8 Å². The SMILES string of the molecule is CC(C)C(CNC(=O)NOCc1ccccc1)N1CCOCC1. The number of carbonyl (C=O) groups is 1. The third-order valence-corrected chi connectivity index (χ3v) is 4.00. The van der Waals surface area contributed by atoms with Crippen molar-refractivity contribution in [3.8, 4) is 0 Å². The maximum absolute atomic E-state index is 11.9. The van der Waals surface area contributed by atoms with Crippen LogP contribution in [0.5, 0.6) is 0 Å². The number of rotatable bonds is 7. The topological polar surface area (TPSA) is 62.8 Å². The lowest BCUT2D eigenvalue weighted by Gasteiger charge is -2.36. The van der Waals surface area contributed by atoms with Crippen LogP contribution in [0.4, 0.5) is 4.79 Å². The highest BCUT2D eigenvalue weighted by Gasteiger charge is 2.24. The predicted octanol–water partition coefficient (Wildman–Crippen LogP) is 1.77. The first kappa shape index (κ1) is 17.7. The van der Waals surface area contributed by atoms with Gasteiger partial charge in [0.05, 0.1) is 19.8 Å². The van der Waals surface area contributed by atoms with E-state index in [0.717, 1.165) is 31.9 Å². The summed E-state index contributed by atoms with van der Waals surface area (Å²) in [7, 11) is 0. The number of benzene rings is 1. The molecule has 1 atom stereocenters. The van der Waals surface area contributed by atoms with Gasteiger partial charge in [-0.05, 0) is 11.5 Å². The zero-order chi connectivity index (χ0) is 16.5. The summed E-state index contributed by atoms with van der Waals surface area (Å²) in [6, 6.07) is 9.72. The lowest BCUT2D eigenvalue weighted by molar-refractivity contribution is 0.00608. The molecule has 1 aromatic carbocycles. The Labute approximate surface area is 138 Å². The van der Waals surface area contributed by atoms with Crippen molar-refractivity contribution in [2.45, 2.75) is 26.5 Å². The summed E-state index contributed by atoms with van der Waals surface area (Å²) in [5.41, 5.74) is 3.45. The van der Waals surface area contributed by atoms with Crippen molar-refractivity contribution in [3.63, 3.8) is 0 Å². The van der Waals surface area contributed by atoms with Crippen molar-refractivity contribution in [3.05, 3.63) is 35.9 Å². The van der Waals surface area contributed by atoms with Crippen molar-refractivity contribution < 1.29 is 14.4 Å². The fourth-order valence-corrected chi connectivity index (χ4v) is 2.69. The van der Waals surface area contributed by atoms with Gasteiger partial charge < -0.3 is 10.1 Å². The molecule has 1 heterocycles. The second kappa shape index (κ2) is 9.50. The molecule has 2 rings (SSSR count). The molecule has 1 fully saturated rings. The molecular formula is C17H27N3O3. The van der Waals surface area contributed by atoms with Crippen LogP contribution in [0.3, 0.4) is 0 Å². The Kier molecular flexibility index (Phi) is 7.32. The van der Waals surface area contributed by atoms with Gasteiger partial charge in [0.15, 0.2) is 0 Å². The summed E-state index contributed by atoms with van der Waals surface area (Å²) >= 11 is 0. The Bertz CT molecular complexity index is 461. The van der Waals surface area contributed by atoms with Gasteiger partial charge in [0.25, 0.3) is 0 Å². The third-order valence-electron chi connectivity index (χ3n) is 4.00. The number of hydrogen-bond donors (Lipinski definition) is 2. The summed E-state index contributed by atoms with van der Waals surface area (Å²) in [4.78, 5) is 19.5. The third kappa shape index (κ3) is 6.17. The molecule has 0 aliphatic carbocycles. The molecule has 0 aromatic heterocycles. The van der Waals surface area contributed by atoms with Crippen LogP contribution >= 0.6 is 0 Å². The van der Waals surface area contributed by atoms with E-state index in [4.69, 9.17) is 9.57 Å². The molecule has 0 radical (unpaired) electrons. The number of morpholine rings is 1. The highest BCUT2D eigenvalue weighted by Crippen LogP contribution is 2.12. The second-order valence-corrected chi connectivity index (χ2v) is 6.05. The Morgan fingerprint density at radius 1 is 1.26 bits per heavy atom. The minimum Gasteiger partial charge on any atom is -0.379 e. The van der Waals surface area contributed by atoms with E-state index in [1.54, 1.807) is 0 Å². The number of hydroxylamine groups is 1. The van der Waals surface area contributed by atoms with Gasteiger partial charge in [0, 0.05) is 25.7 Å². The van der Waals surface area contributed by atoms with E-state index in [-0.39, 0.29) is 6.03 Å². The van der Waals surface area contributed by atoms with Crippen LogP contribution in [0, 0.1) is 5.92 Å². The fourth-order valence-electron chi connectivity index (χ4n) is 2.69. The summed E-state index contributed by atoms with van der Waals surface area (Å²) in [5, 5.41) is 2.89. The molecule has 23 heavy (non-hydrogen) atoms. The van der Waals surface area contributed by atoms with Gasteiger partial charge in [0.1, 0.15) is 0 Å². The van der Waals surface area contributed by atoms with Gasteiger partial charge in [-0.1, -0.05) is 44.2 Å². The molecule has 2 N–H and O–H groups in total. The number of nitrogens with one attached hydrogen (secondary N) is 2. The van der Waals surface area contributed by atoms with Crippen molar-refractivity contribution in [2.24, 2.45) is 5.92 Å². The Balaban J connectivity index is 1.69. The summed E-state index contributed by atoms with van der Waals surface area (Å²) in [6.07, 6.45) is 0. The number of urea groups is 1. The number of hydrogen-bond acceptors (Lipinski definition) is 4. The van der Waals surface area contributed by atoms with Crippen LogP contribution in [-0.2, 0) is 16.2 Å². The van der Waals surface area contributed by atoms with Crippen LogP contribution in [0.1, 0.15) is 19.4 Å². The average Bonchev–Trinajstić information content (AvgIpc) is 2.57. The predicted molar refractivity (Wildman–Crippen MR) is 88.8 cm³/mol. The monoisotopic (exact) mass is 321 g/mol. The summed E-state index contributed by atoms with van der Waals surface area (Å²) in [6.45, 7) is 8.64. The Hall–Kier alpha value is -1.63. The molecule has 6 nitrogen and oxygen atoms in total. The van der Waals surface area contributed by atoms with Gasteiger partial charge in [0.2, 0.25) is 0 Å². The van der Waals surface area contributed by atoms with Crippen molar-refractivity contribution in [2.75, 3.05) is 32.8 Å². The van der Waals surface area contributed by atoms with E-state index in [1.807, 2.05) is 30.3 Å². The van der Waals surface area contributed by atoms with Gasteiger partial charge in [-0.3, -0.25) is 9.74 Å². The Morgan fingerprint density at radius 3 is 2.61 bits per heavy atom. The lowest BCUT2D eigenvalue weighted by atomic mass is 10.0. The maximum atomic E-state index is 11.9. The van der Waals surface area contributed by atoms with E-state index >= 15 is 0 Å². The van der Waals surface area contributed by atoms with Gasteiger partial charge in [-0.2, -0.15) is 0 Å². The molecule has 0 spiro atoms. The minimum atomic E-state index is -0.306. The number of ether oxygens (including phenoxy) is 1. The zero-order valence-electron chi connectivity index (χ0n) is 14.0. The van der Waals surface area contributed by atoms with Crippen molar-refractivity contribution in [1.29, 1.82) is 0 Å². The molecular weight excluding hydrogens is 294 g/mol. The second-order valence-electron chi connectivity index (χ2n) is 6.05. The van der Waals surface area contributed by atoms with Crippen LogP contribution < -0.4 is 10.8 Å². The van der Waals surface area contributed by atoms with E-state index in [0.29, 0.717) is 25.1 Å². The number of amides is 2. The first-order valence-electron chi connectivity index (χ1n) is 8.18. The highest BCUT2D eigenvalue weighted by molar-refractivity contribution is 5.72. The molecule has 1 unspecified atom stereocenters. The fraction of sp³-hybridized carbons (Fsp3) is 0.588. The highest BCUT2D eigenvalue weighted by atomic mass is 16.7. The first-order chi connectivity index (χ1) is 11.2. The molecule has 0 bridgehead atoms. The zero-order valence-corrected chi connectivity index (χ0v) is 14.0. The molecule has 2 amide bonds. The van der Waals surface area contributed by atoms with Crippen molar-refractivity contribution in [1.82, 2.24) is 15.7 Å². The molecule has 0 saturated carbocycles. The molecule has 6 heteroatoms. The van der Waals surface area contributed by atoms with Crippen LogP contribution in [0.15, 0.2) is 30.3 Å². The largest absolute Gasteiger partial charge is 0.379 e. The molecule has 1 aliphatic rings. The van der Waals surface area contributed by atoms with E-state index in [9.17, 15) is 4.79 Å². The summed E-state index contributed by atoms with van der Waals surface area (Å²) in [5.74, 6) is 0.457. The maximum Gasteiger partial charge on any atom is 0.338 e. The number of carbonyl (C=O) groups excluding carboxylic acids is 1. The van der Waals surface area contributed by atoms with Gasteiger partial charge >= 0.3 is 6.03 Å². The quantitative estimate of drug-likeness (QED) is 0.752. The Morgan fingerprint density at radius 2 is 1.96 bits per heavy atom. The van der Waals surface area contributed by atoms with E-state index in [2.05, 4.69) is 29.5 Å².